The maximum Gasteiger partial charge on any atom is 0.0521 e. The lowest BCUT2D eigenvalue weighted by Crippen LogP contribution is -2.18. The molecule has 1 atom stereocenters. The highest BCUT2D eigenvalue weighted by atomic mass is 15.3. The van der Waals surface area contributed by atoms with E-state index in [1.807, 2.05) is 6.20 Å². The summed E-state index contributed by atoms with van der Waals surface area (Å²) < 4.78 is 2.16. The fraction of sp³-hybridized carbons (Fsp3) is 0.667. The molecule has 0 aliphatic carbocycles. The van der Waals surface area contributed by atoms with Crippen LogP contribution in [0.2, 0.25) is 0 Å². The van der Waals surface area contributed by atoms with E-state index in [2.05, 4.69) is 23.6 Å². The fourth-order valence-electron chi connectivity index (χ4n) is 1.76. The summed E-state index contributed by atoms with van der Waals surface area (Å²) in [7, 11) is 0. The number of aryl methyl sites for hydroxylation is 1. The molecule has 1 aromatic heterocycles. The summed E-state index contributed by atoms with van der Waals surface area (Å²) in [6.07, 6.45) is 4.52. The molecule has 11 heavy (non-hydrogen) atoms. The molecule has 0 radical (unpaired) electrons. The van der Waals surface area contributed by atoms with Crippen molar-refractivity contribution in [2.45, 2.75) is 33.2 Å². The molecule has 0 amide bonds. The van der Waals surface area contributed by atoms with Crippen LogP contribution in [0.5, 0.6) is 0 Å². The average molecular weight is 150 g/mol. The zero-order valence-electron chi connectivity index (χ0n) is 7.17. The van der Waals surface area contributed by atoms with E-state index in [0.29, 0.717) is 0 Å². The van der Waals surface area contributed by atoms with Crippen LogP contribution in [0.25, 0.3) is 0 Å². The van der Waals surface area contributed by atoms with Crippen molar-refractivity contribution in [3.63, 3.8) is 0 Å². The van der Waals surface area contributed by atoms with Crippen molar-refractivity contribution in [1.29, 1.82) is 0 Å². The Balaban J connectivity index is 2.36. The molecule has 2 nitrogen and oxygen atoms in total. The molecule has 1 aromatic rings. The molecular formula is C9H14N2. The minimum atomic E-state index is 0.807. The Morgan fingerprint density at radius 2 is 2.45 bits per heavy atom. The molecule has 1 aliphatic heterocycles. The Labute approximate surface area is 67.2 Å². The predicted octanol–water partition coefficient (Wildman–Crippen LogP) is 1.77. The van der Waals surface area contributed by atoms with Crippen LogP contribution >= 0.6 is 0 Å². The Bertz CT molecular complexity index is 263. The van der Waals surface area contributed by atoms with Gasteiger partial charge in [0.05, 0.1) is 6.20 Å². The van der Waals surface area contributed by atoms with Crippen molar-refractivity contribution in [2.75, 3.05) is 0 Å². The molecular weight excluding hydrogens is 136 g/mol. The first-order valence-corrected chi connectivity index (χ1v) is 4.28. The van der Waals surface area contributed by atoms with Gasteiger partial charge in [0.2, 0.25) is 0 Å². The third kappa shape index (κ3) is 1.06. The monoisotopic (exact) mass is 150 g/mol. The first-order chi connectivity index (χ1) is 5.27. The number of aromatic nitrogens is 2. The van der Waals surface area contributed by atoms with Crippen LogP contribution in [0.15, 0.2) is 6.20 Å². The summed E-state index contributed by atoms with van der Waals surface area (Å²) in [4.78, 5) is 0. The molecule has 1 aliphatic rings. The Morgan fingerprint density at radius 3 is 3.27 bits per heavy atom. The number of fused-ring (bicyclic) bond motifs is 1. The SMILES string of the molecule is Cc1cnn2c1CC[C@H](C)C2. The summed E-state index contributed by atoms with van der Waals surface area (Å²) in [5, 5.41) is 4.32. The van der Waals surface area contributed by atoms with Gasteiger partial charge in [-0.2, -0.15) is 5.10 Å². The van der Waals surface area contributed by atoms with Gasteiger partial charge in [-0.3, -0.25) is 4.68 Å². The van der Waals surface area contributed by atoms with E-state index < -0.39 is 0 Å². The Morgan fingerprint density at radius 1 is 1.64 bits per heavy atom. The molecule has 0 saturated carbocycles. The van der Waals surface area contributed by atoms with Crippen molar-refractivity contribution in [3.05, 3.63) is 17.5 Å². The predicted molar refractivity (Wildman–Crippen MR) is 44.4 cm³/mol. The molecule has 0 bridgehead atoms. The van der Waals surface area contributed by atoms with Crippen LogP contribution in [-0.4, -0.2) is 9.78 Å². The van der Waals surface area contributed by atoms with E-state index in [9.17, 15) is 0 Å². The molecule has 0 unspecified atom stereocenters. The van der Waals surface area contributed by atoms with Crippen molar-refractivity contribution in [3.8, 4) is 0 Å². The van der Waals surface area contributed by atoms with E-state index in [-0.39, 0.29) is 0 Å². The molecule has 0 aromatic carbocycles. The van der Waals surface area contributed by atoms with Crippen LogP contribution in [-0.2, 0) is 13.0 Å². The van der Waals surface area contributed by atoms with Crippen LogP contribution in [0.1, 0.15) is 24.6 Å². The van der Waals surface area contributed by atoms with Crippen LogP contribution in [0, 0.1) is 12.8 Å². The van der Waals surface area contributed by atoms with Gasteiger partial charge < -0.3 is 0 Å². The van der Waals surface area contributed by atoms with Gasteiger partial charge in [0.15, 0.2) is 0 Å². The van der Waals surface area contributed by atoms with E-state index in [0.717, 1.165) is 12.5 Å². The van der Waals surface area contributed by atoms with Crippen LogP contribution < -0.4 is 0 Å². The second-order valence-corrected chi connectivity index (χ2v) is 3.60. The smallest absolute Gasteiger partial charge is 0.0521 e. The highest BCUT2D eigenvalue weighted by Crippen LogP contribution is 2.20. The summed E-state index contributed by atoms with van der Waals surface area (Å²) in [5.74, 6) is 0.807. The maximum atomic E-state index is 4.32. The molecule has 2 heterocycles. The molecule has 0 N–H and O–H groups in total. The van der Waals surface area contributed by atoms with Gasteiger partial charge >= 0.3 is 0 Å². The summed E-state index contributed by atoms with van der Waals surface area (Å²) in [5.41, 5.74) is 2.81. The lowest BCUT2D eigenvalue weighted by molar-refractivity contribution is 0.371. The number of hydrogen-bond acceptors (Lipinski definition) is 1. The highest BCUT2D eigenvalue weighted by molar-refractivity contribution is 5.16. The van der Waals surface area contributed by atoms with Crippen molar-refractivity contribution < 1.29 is 0 Å². The average Bonchev–Trinajstić information content (AvgIpc) is 2.32. The van der Waals surface area contributed by atoms with E-state index in [1.54, 1.807) is 0 Å². The van der Waals surface area contributed by atoms with E-state index >= 15 is 0 Å². The minimum absolute atomic E-state index is 0.807. The standard InChI is InChI=1S/C9H14N2/c1-7-3-4-9-8(2)5-10-11(9)6-7/h5,7H,3-4,6H2,1-2H3/t7-/m0/s1. The molecule has 0 saturated heterocycles. The van der Waals surface area contributed by atoms with Gasteiger partial charge in [-0.15, -0.1) is 0 Å². The largest absolute Gasteiger partial charge is 0.269 e. The van der Waals surface area contributed by atoms with E-state index in [1.165, 1.54) is 24.1 Å². The topological polar surface area (TPSA) is 17.8 Å². The fourth-order valence-corrected chi connectivity index (χ4v) is 1.76. The van der Waals surface area contributed by atoms with Gasteiger partial charge in [-0.1, -0.05) is 6.92 Å². The molecule has 0 fully saturated rings. The molecule has 60 valence electrons. The Kier molecular flexibility index (Phi) is 1.48. The number of hydrogen-bond donors (Lipinski definition) is 0. The van der Waals surface area contributed by atoms with Crippen LogP contribution in [0.4, 0.5) is 0 Å². The summed E-state index contributed by atoms with van der Waals surface area (Å²) in [6.45, 7) is 5.55. The number of nitrogens with zero attached hydrogens (tertiary/aromatic N) is 2. The van der Waals surface area contributed by atoms with Gasteiger partial charge in [0.25, 0.3) is 0 Å². The summed E-state index contributed by atoms with van der Waals surface area (Å²) >= 11 is 0. The maximum absolute atomic E-state index is 4.32. The second-order valence-electron chi connectivity index (χ2n) is 3.60. The van der Waals surface area contributed by atoms with Gasteiger partial charge in [-0.25, -0.2) is 0 Å². The first-order valence-electron chi connectivity index (χ1n) is 4.28. The second kappa shape index (κ2) is 2.36. The quantitative estimate of drug-likeness (QED) is 0.551. The van der Waals surface area contributed by atoms with Crippen molar-refractivity contribution in [1.82, 2.24) is 9.78 Å². The molecule has 0 spiro atoms. The lowest BCUT2D eigenvalue weighted by atomic mass is 9.99. The van der Waals surface area contributed by atoms with Gasteiger partial charge in [0, 0.05) is 12.2 Å². The van der Waals surface area contributed by atoms with Gasteiger partial charge in [-0.05, 0) is 31.2 Å². The normalized spacial score (nSPS) is 23.3. The highest BCUT2D eigenvalue weighted by Gasteiger charge is 2.16. The van der Waals surface area contributed by atoms with Crippen molar-refractivity contribution in [2.24, 2.45) is 5.92 Å². The van der Waals surface area contributed by atoms with Crippen LogP contribution in [0.3, 0.4) is 0 Å². The Hall–Kier alpha value is -0.790. The minimum Gasteiger partial charge on any atom is -0.269 e. The molecule has 2 heteroatoms. The zero-order chi connectivity index (χ0) is 7.84. The molecule has 2 rings (SSSR count). The zero-order valence-corrected chi connectivity index (χ0v) is 7.17. The first kappa shape index (κ1) is 6.89. The van der Waals surface area contributed by atoms with Gasteiger partial charge in [0.1, 0.15) is 0 Å². The van der Waals surface area contributed by atoms with Crippen molar-refractivity contribution >= 4 is 0 Å². The summed E-state index contributed by atoms with van der Waals surface area (Å²) in [6, 6.07) is 0. The third-order valence-electron chi connectivity index (χ3n) is 2.52. The number of rotatable bonds is 0. The third-order valence-corrected chi connectivity index (χ3v) is 2.52. The van der Waals surface area contributed by atoms with E-state index in [4.69, 9.17) is 0 Å². The lowest BCUT2D eigenvalue weighted by Gasteiger charge is -2.20.